The second kappa shape index (κ2) is 4.19. The Labute approximate surface area is 67.9 Å². The molecular formula is C9H15NO. The number of hydrogen-bond donors (Lipinski definition) is 1. The monoisotopic (exact) mass is 153 g/mol. The largest absolute Gasteiger partial charge is 0.501 e. The van der Waals surface area contributed by atoms with Gasteiger partial charge in [-0.3, -0.25) is 0 Å². The molecular weight excluding hydrogens is 138 g/mol. The van der Waals surface area contributed by atoms with Crippen molar-refractivity contribution in [2.45, 2.75) is 13.3 Å². The number of hydrogen-bond acceptors (Lipinski definition) is 2. The van der Waals surface area contributed by atoms with Crippen LogP contribution < -0.4 is 5.32 Å². The van der Waals surface area contributed by atoms with Crippen LogP contribution in [0.1, 0.15) is 13.3 Å². The Balaban J connectivity index is 2.44. The molecule has 0 aromatic rings. The van der Waals surface area contributed by atoms with E-state index in [0.29, 0.717) is 0 Å². The summed E-state index contributed by atoms with van der Waals surface area (Å²) in [5.41, 5.74) is 1.46. The van der Waals surface area contributed by atoms with Crippen molar-refractivity contribution >= 4 is 0 Å². The molecule has 0 aliphatic carbocycles. The SMILES string of the molecule is CO/C(C)=C/C=C1\CCNC1. The molecule has 0 bridgehead atoms. The zero-order valence-corrected chi connectivity index (χ0v) is 7.18. The van der Waals surface area contributed by atoms with E-state index in [9.17, 15) is 0 Å². The van der Waals surface area contributed by atoms with Crippen LogP contribution in [0.15, 0.2) is 23.5 Å². The highest BCUT2D eigenvalue weighted by Crippen LogP contribution is 2.06. The van der Waals surface area contributed by atoms with E-state index in [1.807, 2.05) is 13.0 Å². The number of nitrogens with one attached hydrogen (secondary N) is 1. The molecule has 0 spiro atoms. The van der Waals surface area contributed by atoms with Crippen molar-refractivity contribution in [3.8, 4) is 0 Å². The van der Waals surface area contributed by atoms with Gasteiger partial charge in [-0.25, -0.2) is 0 Å². The summed E-state index contributed by atoms with van der Waals surface area (Å²) in [6.45, 7) is 4.11. The van der Waals surface area contributed by atoms with Crippen LogP contribution in [-0.4, -0.2) is 20.2 Å². The lowest BCUT2D eigenvalue weighted by Gasteiger charge is -1.95. The number of rotatable bonds is 2. The van der Waals surface area contributed by atoms with Crippen LogP contribution in [0.2, 0.25) is 0 Å². The summed E-state index contributed by atoms with van der Waals surface area (Å²) in [7, 11) is 1.69. The molecule has 2 heteroatoms. The van der Waals surface area contributed by atoms with Crippen molar-refractivity contribution in [1.29, 1.82) is 0 Å². The Morgan fingerprint density at radius 1 is 1.64 bits per heavy atom. The molecule has 1 saturated heterocycles. The fraction of sp³-hybridized carbons (Fsp3) is 0.556. The molecule has 0 saturated carbocycles. The Morgan fingerprint density at radius 3 is 3.00 bits per heavy atom. The fourth-order valence-corrected chi connectivity index (χ4v) is 1.03. The van der Waals surface area contributed by atoms with Crippen LogP contribution in [0.3, 0.4) is 0 Å². The van der Waals surface area contributed by atoms with Gasteiger partial charge in [0, 0.05) is 6.54 Å². The molecule has 1 fully saturated rings. The van der Waals surface area contributed by atoms with Gasteiger partial charge in [-0.15, -0.1) is 0 Å². The van der Waals surface area contributed by atoms with E-state index in [0.717, 1.165) is 18.8 Å². The zero-order valence-electron chi connectivity index (χ0n) is 7.18. The maximum absolute atomic E-state index is 5.01. The van der Waals surface area contributed by atoms with E-state index in [-0.39, 0.29) is 0 Å². The topological polar surface area (TPSA) is 21.3 Å². The molecule has 0 aromatic heterocycles. The van der Waals surface area contributed by atoms with Crippen molar-refractivity contribution in [1.82, 2.24) is 5.32 Å². The Morgan fingerprint density at radius 2 is 2.45 bits per heavy atom. The van der Waals surface area contributed by atoms with Gasteiger partial charge in [0.25, 0.3) is 0 Å². The lowest BCUT2D eigenvalue weighted by Crippen LogP contribution is -2.04. The first-order valence-electron chi connectivity index (χ1n) is 3.94. The molecule has 1 N–H and O–H groups in total. The minimum Gasteiger partial charge on any atom is -0.501 e. The van der Waals surface area contributed by atoms with E-state index < -0.39 is 0 Å². The summed E-state index contributed by atoms with van der Waals surface area (Å²) >= 11 is 0. The van der Waals surface area contributed by atoms with Crippen molar-refractivity contribution in [2.24, 2.45) is 0 Å². The van der Waals surface area contributed by atoms with Crippen LogP contribution in [0, 0.1) is 0 Å². The standard InChI is InChI=1S/C9H15NO/c1-8(11-2)3-4-9-5-6-10-7-9/h3-4,10H,5-7H2,1-2H3/b8-3+,9-4+. The average Bonchev–Trinajstić information content (AvgIpc) is 2.52. The summed E-state index contributed by atoms with van der Waals surface area (Å²) in [6.07, 6.45) is 5.33. The second-order valence-corrected chi connectivity index (χ2v) is 2.73. The third-order valence-electron chi connectivity index (χ3n) is 1.85. The van der Waals surface area contributed by atoms with Gasteiger partial charge in [0.15, 0.2) is 0 Å². The molecule has 1 aliphatic rings. The molecule has 0 amide bonds. The van der Waals surface area contributed by atoms with Gasteiger partial charge in [-0.05, 0) is 26.0 Å². The summed E-state index contributed by atoms with van der Waals surface area (Å²) in [6, 6.07) is 0. The lowest BCUT2D eigenvalue weighted by atomic mass is 10.2. The smallest absolute Gasteiger partial charge is 0.0924 e. The van der Waals surface area contributed by atoms with Gasteiger partial charge in [-0.1, -0.05) is 11.6 Å². The van der Waals surface area contributed by atoms with Crippen molar-refractivity contribution in [3.63, 3.8) is 0 Å². The summed E-state index contributed by atoms with van der Waals surface area (Å²) < 4.78 is 5.01. The molecule has 0 atom stereocenters. The number of ether oxygens (including phenoxy) is 1. The first-order chi connectivity index (χ1) is 5.33. The highest BCUT2D eigenvalue weighted by molar-refractivity contribution is 5.17. The number of methoxy groups -OCH3 is 1. The minimum atomic E-state index is 0.962. The molecule has 1 aliphatic heterocycles. The van der Waals surface area contributed by atoms with E-state index in [4.69, 9.17) is 4.74 Å². The normalized spacial score (nSPS) is 22.7. The van der Waals surface area contributed by atoms with Gasteiger partial charge in [0.2, 0.25) is 0 Å². The van der Waals surface area contributed by atoms with Gasteiger partial charge in [0.05, 0.1) is 12.9 Å². The highest BCUT2D eigenvalue weighted by Gasteiger charge is 2.02. The predicted molar refractivity (Wildman–Crippen MR) is 46.3 cm³/mol. The average molecular weight is 153 g/mol. The van der Waals surface area contributed by atoms with Crippen LogP contribution >= 0.6 is 0 Å². The molecule has 0 radical (unpaired) electrons. The highest BCUT2D eigenvalue weighted by atomic mass is 16.5. The first kappa shape index (κ1) is 8.34. The number of allylic oxidation sites excluding steroid dienone is 3. The Kier molecular flexibility index (Phi) is 3.17. The zero-order chi connectivity index (χ0) is 8.10. The molecule has 62 valence electrons. The van der Waals surface area contributed by atoms with E-state index >= 15 is 0 Å². The summed E-state index contributed by atoms with van der Waals surface area (Å²) in [5, 5.41) is 3.28. The summed E-state index contributed by atoms with van der Waals surface area (Å²) in [4.78, 5) is 0. The molecule has 0 aromatic carbocycles. The van der Waals surface area contributed by atoms with Crippen LogP contribution in [-0.2, 0) is 4.74 Å². The second-order valence-electron chi connectivity index (χ2n) is 2.73. The molecule has 2 nitrogen and oxygen atoms in total. The van der Waals surface area contributed by atoms with Gasteiger partial charge >= 0.3 is 0 Å². The molecule has 1 rings (SSSR count). The third kappa shape index (κ3) is 2.76. The Hall–Kier alpha value is -0.760. The maximum Gasteiger partial charge on any atom is 0.0924 e. The molecule has 0 unspecified atom stereocenters. The Bertz CT molecular complexity index is 174. The van der Waals surface area contributed by atoms with Gasteiger partial charge in [0.1, 0.15) is 0 Å². The predicted octanol–water partition coefficient (Wildman–Crippen LogP) is 1.46. The lowest BCUT2D eigenvalue weighted by molar-refractivity contribution is 0.293. The van der Waals surface area contributed by atoms with Crippen molar-refractivity contribution in [3.05, 3.63) is 23.5 Å². The van der Waals surface area contributed by atoms with Crippen LogP contribution in [0.4, 0.5) is 0 Å². The van der Waals surface area contributed by atoms with Crippen molar-refractivity contribution < 1.29 is 4.74 Å². The van der Waals surface area contributed by atoms with Gasteiger partial charge < -0.3 is 10.1 Å². The first-order valence-corrected chi connectivity index (χ1v) is 3.94. The van der Waals surface area contributed by atoms with E-state index in [2.05, 4.69) is 11.4 Å². The van der Waals surface area contributed by atoms with Crippen LogP contribution in [0.5, 0.6) is 0 Å². The third-order valence-corrected chi connectivity index (χ3v) is 1.85. The summed E-state index contributed by atoms with van der Waals surface area (Å²) in [5.74, 6) is 0.962. The van der Waals surface area contributed by atoms with Crippen LogP contribution in [0.25, 0.3) is 0 Å². The fourth-order valence-electron chi connectivity index (χ4n) is 1.03. The van der Waals surface area contributed by atoms with Crippen molar-refractivity contribution in [2.75, 3.05) is 20.2 Å². The molecule has 11 heavy (non-hydrogen) atoms. The molecule has 1 heterocycles. The maximum atomic E-state index is 5.01. The van der Waals surface area contributed by atoms with E-state index in [1.165, 1.54) is 12.0 Å². The van der Waals surface area contributed by atoms with E-state index in [1.54, 1.807) is 7.11 Å². The van der Waals surface area contributed by atoms with Gasteiger partial charge in [-0.2, -0.15) is 0 Å². The minimum absolute atomic E-state index is 0.962. The quantitative estimate of drug-likeness (QED) is 0.606.